The Bertz CT molecular complexity index is 1260. The summed E-state index contributed by atoms with van der Waals surface area (Å²) in [6.07, 6.45) is 0. The maximum absolute atomic E-state index is 13.5. The summed E-state index contributed by atoms with van der Waals surface area (Å²) in [6, 6.07) is 24.0. The molecule has 0 bridgehead atoms. The molecule has 1 unspecified atom stereocenters. The zero-order valence-electron chi connectivity index (χ0n) is 17.8. The Morgan fingerprint density at radius 2 is 1.69 bits per heavy atom. The molecule has 5 nitrogen and oxygen atoms in total. The van der Waals surface area contributed by atoms with E-state index in [2.05, 4.69) is 69.4 Å². The van der Waals surface area contributed by atoms with Crippen molar-refractivity contribution >= 4 is 21.8 Å². The van der Waals surface area contributed by atoms with Crippen molar-refractivity contribution in [1.29, 1.82) is 0 Å². The predicted molar refractivity (Wildman–Crippen MR) is 128 cm³/mol. The van der Waals surface area contributed by atoms with E-state index >= 15 is 0 Å². The first-order valence-corrected chi connectivity index (χ1v) is 11.2. The monoisotopic (exact) mass is 487 g/mol. The summed E-state index contributed by atoms with van der Waals surface area (Å²) in [7, 11) is 1.65. The van der Waals surface area contributed by atoms with E-state index in [9.17, 15) is 4.79 Å². The second-order valence-corrected chi connectivity index (χ2v) is 8.88. The van der Waals surface area contributed by atoms with E-state index in [1.807, 2.05) is 41.3 Å². The van der Waals surface area contributed by atoms with Crippen molar-refractivity contribution in [3.8, 4) is 17.0 Å². The molecule has 32 heavy (non-hydrogen) atoms. The van der Waals surface area contributed by atoms with Gasteiger partial charge in [0.05, 0.1) is 18.8 Å². The summed E-state index contributed by atoms with van der Waals surface area (Å²) in [5, 5.41) is 7.57. The summed E-state index contributed by atoms with van der Waals surface area (Å²) in [6.45, 7) is 2.54. The average Bonchev–Trinajstić information content (AvgIpc) is 3.35. The van der Waals surface area contributed by atoms with E-state index in [0.29, 0.717) is 12.2 Å². The number of fused-ring (bicyclic) bond motifs is 1. The molecule has 5 rings (SSSR count). The zero-order valence-corrected chi connectivity index (χ0v) is 19.4. The number of carbonyl (C=O) groups excluding carboxylic acids is 1. The number of nitrogens with one attached hydrogen (secondary N) is 1. The van der Waals surface area contributed by atoms with Crippen molar-refractivity contribution in [3.05, 3.63) is 105 Å². The Balaban J connectivity index is 1.60. The van der Waals surface area contributed by atoms with Gasteiger partial charge in [-0.1, -0.05) is 70.0 Å². The Morgan fingerprint density at radius 3 is 2.34 bits per heavy atom. The van der Waals surface area contributed by atoms with Crippen LogP contribution in [-0.4, -0.2) is 28.1 Å². The number of carbonyl (C=O) groups is 1. The molecular weight excluding hydrogens is 466 g/mol. The molecule has 160 valence electrons. The molecule has 4 aromatic rings. The molecule has 0 spiro atoms. The molecule has 1 aliphatic heterocycles. The van der Waals surface area contributed by atoms with E-state index in [4.69, 9.17) is 4.74 Å². The first-order valence-electron chi connectivity index (χ1n) is 10.4. The van der Waals surface area contributed by atoms with Gasteiger partial charge in [0.25, 0.3) is 5.91 Å². The highest BCUT2D eigenvalue weighted by molar-refractivity contribution is 9.10. The van der Waals surface area contributed by atoms with Crippen LogP contribution < -0.4 is 4.74 Å². The molecule has 1 N–H and O–H groups in total. The third kappa shape index (κ3) is 3.60. The molecule has 1 aliphatic rings. The number of H-pyrrole nitrogens is 1. The summed E-state index contributed by atoms with van der Waals surface area (Å²) in [5.74, 6) is 0.747. The van der Waals surface area contributed by atoms with Gasteiger partial charge in [-0.05, 0) is 42.3 Å². The minimum atomic E-state index is -0.234. The average molecular weight is 488 g/mol. The fourth-order valence-corrected chi connectivity index (χ4v) is 4.47. The molecular formula is C26H22BrN3O2. The largest absolute Gasteiger partial charge is 0.497 e. The second-order valence-electron chi connectivity index (χ2n) is 7.96. The number of aryl methyl sites for hydroxylation is 1. The van der Waals surface area contributed by atoms with Crippen molar-refractivity contribution in [3.63, 3.8) is 0 Å². The molecule has 1 amide bonds. The standard InChI is InChI=1S/C26H22BrN3O2/c1-16-3-7-18(8-4-16)23-22-24(29-28-23)26(31)30(15-17-5-13-21(32-2)14-6-17)25(22)19-9-11-20(27)12-10-19/h3-14,25H,15H2,1-2H3,(H,28,29). The molecule has 0 radical (unpaired) electrons. The molecule has 1 aromatic heterocycles. The highest BCUT2D eigenvalue weighted by Gasteiger charge is 2.42. The van der Waals surface area contributed by atoms with E-state index in [1.165, 1.54) is 5.56 Å². The lowest BCUT2D eigenvalue weighted by molar-refractivity contribution is 0.0730. The van der Waals surface area contributed by atoms with Gasteiger partial charge < -0.3 is 9.64 Å². The summed E-state index contributed by atoms with van der Waals surface area (Å²) >= 11 is 3.52. The highest BCUT2D eigenvalue weighted by atomic mass is 79.9. The highest BCUT2D eigenvalue weighted by Crippen LogP contribution is 2.43. The molecule has 2 heterocycles. The van der Waals surface area contributed by atoms with Gasteiger partial charge in [0, 0.05) is 22.1 Å². The maximum Gasteiger partial charge on any atom is 0.273 e. The van der Waals surface area contributed by atoms with Crippen LogP contribution in [0.4, 0.5) is 0 Å². The molecule has 3 aromatic carbocycles. The van der Waals surface area contributed by atoms with Crippen LogP contribution in [0.2, 0.25) is 0 Å². The topological polar surface area (TPSA) is 58.2 Å². The number of rotatable bonds is 5. The summed E-state index contributed by atoms with van der Waals surface area (Å²) < 4.78 is 6.27. The number of aromatic nitrogens is 2. The molecule has 1 atom stereocenters. The minimum absolute atomic E-state index is 0.0467. The third-order valence-electron chi connectivity index (χ3n) is 5.89. The zero-order chi connectivity index (χ0) is 22.2. The fraction of sp³-hybridized carbons (Fsp3) is 0.154. The second kappa shape index (κ2) is 8.28. The van der Waals surface area contributed by atoms with Crippen LogP contribution in [0.1, 0.15) is 38.8 Å². The Morgan fingerprint density at radius 1 is 1.00 bits per heavy atom. The smallest absolute Gasteiger partial charge is 0.273 e. The first-order chi connectivity index (χ1) is 15.5. The molecule has 0 aliphatic carbocycles. The lowest BCUT2D eigenvalue weighted by atomic mass is 9.95. The van der Waals surface area contributed by atoms with Gasteiger partial charge in [-0.15, -0.1) is 0 Å². The maximum atomic E-state index is 13.5. The van der Waals surface area contributed by atoms with E-state index in [0.717, 1.165) is 38.2 Å². The van der Waals surface area contributed by atoms with Gasteiger partial charge in [0.1, 0.15) is 11.4 Å². The molecule has 0 saturated heterocycles. The van der Waals surface area contributed by atoms with Gasteiger partial charge in [-0.2, -0.15) is 5.10 Å². The van der Waals surface area contributed by atoms with Crippen LogP contribution in [0.15, 0.2) is 77.3 Å². The number of ether oxygens (including phenoxy) is 1. The van der Waals surface area contributed by atoms with E-state index < -0.39 is 0 Å². The van der Waals surface area contributed by atoms with Crippen LogP contribution in [-0.2, 0) is 6.54 Å². The fourth-order valence-electron chi connectivity index (χ4n) is 4.21. The Labute approximate surface area is 195 Å². The number of aromatic amines is 1. The van der Waals surface area contributed by atoms with Crippen LogP contribution in [0.25, 0.3) is 11.3 Å². The Kier molecular flexibility index (Phi) is 5.31. The van der Waals surface area contributed by atoms with Crippen molar-refractivity contribution in [2.75, 3.05) is 7.11 Å². The van der Waals surface area contributed by atoms with Crippen molar-refractivity contribution in [2.24, 2.45) is 0 Å². The lowest BCUT2D eigenvalue weighted by Gasteiger charge is -2.26. The minimum Gasteiger partial charge on any atom is -0.497 e. The van der Waals surface area contributed by atoms with E-state index in [-0.39, 0.29) is 11.9 Å². The SMILES string of the molecule is COc1ccc(CN2C(=O)c3[nH]nc(-c4ccc(C)cc4)c3C2c2ccc(Br)cc2)cc1. The third-order valence-corrected chi connectivity index (χ3v) is 6.42. The van der Waals surface area contributed by atoms with Gasteiger partial charge in [0.2, 0.25) is 0 Å². The number of methoxy groups -OCH3 is 1. The van der Waals surface area contributed by atoms with Crippen LogP contribution in [0.5, 0.6) is 5.75 Å². The predicted octanol–water partition coefficient (Wildman–Crippen LogP) is 5.90. The van der Waals surface area contributed by atoms with Crippen LogP contribution >= 0.6 is 15.9 Å². The normalized spacial score (nSPS) is 15.2. The molecule has 0 fully saturated rings. The summed E-state index contributed by atoms with van der Waals surface area (Å²) in [4.78, 5) is 15.4. The number of nitrogens with zero attached hydrogens (tertiary/aromatic N) is 2. The van der Waals surface area contributed by atoms with Gasteiger partial charge in [-0.3, -0.25) is 9.89 Å². The van der Waals surface area contributed by atoms with Crippen LogP contribution in [0, 0.1) is 6.92 Å². The van der Waals surface area contributed by atoms with Gasteiger partial charge in [0.15, 0.2) is 0 Å². The number of amides is 1. The molecule has 0 saturated carbocycles. The quantitative estimate of drug-likeness (QED) is 0.381. The van der Waals surface area contributed by atoms with Crippen molar-refractivity contribution in [1.82, 2.24) is 15.1 Å². The first kappa shape index (κ1) is 20.5. The van der Waals surface area contributed by atoms with Crippen LogP contribution in [0.3, 0.4) is 0 Å². The van der Waals surface area contributed by atoms with Gasteiger partial charge >= 0.3 is 0 Å². The number of hydrogen-bond donors (Lipinski definition) is 1. The number of halogens is 1. The number of hydrogen-bond acceptors (Lipinski definition) is 3. The lowest BCUT2D eigenvalue weighted by Crippen LogP contribution is -2.29. The van der Waals surface area contributed by atoms with Gasteiger partial charge in [-0.25, -0.2) is 0 Å². The van der Waals surface area contributed by atoms with Crippen molar-refractivity contribution in [2.45, 2.75) is 19.5 Å². The summed E-state index contributed by atoms with van der Waals surface area (Å²) in [5.41, 5.74) is 6.56. The Hall–Kier alpha value is -3.38. The molecule has 6 heteroatoms. The van der Waals surface area contributed by atoms with Crippen molar-refractivity contribution < 1.29 is 9.53 Å². The van der Waals surface area contributed by atoms with E-state index in [1.54, 1.807) is 7.11 Å². The number of benzene rings is 3.